The number of fused-ring (bicyclic) bond motifs is 1. The summed E-state index contributed by atoms with van der Waals surface area (Å²) in [4.78, 5) is 29.7. The van der Waals surface area contributed by atoms with Gasteiger partial charge in [-0.15, -0.1) is 0 Å². The zero-order chi connectivity index (χ0) is 14.0. The molecule has 0 aliphatic carbocycles. The molecule has 0 unspecified atom stereocenters. The summed E-state index contributed by atoms with van der Waals surface area (Å²) in [5.74, 6) is 4.37. The first-order valence-electron chi connectivity index (χ1n) is 6.05. The maximum atomic E-state index is 12.4. The van der Waals surface area contributed by atoms with Crippen molar-refractivity contribution >= 4 is 17.6 Å². The molecular weight excluding hydrogens is 246 g/mol. The van der Waals surface area contributed by atoms with Crippen LogP contribution in [0, 0.1) is 0 Å². The lowest BCUT2D eigenvalue weighted by Gasteiger charge is -2.19. The van der Waals surface area contributed by atoms with E-state index in [0.717, 1.165) is 11.3 Å². The average Bonchev–Trinajstić information content (AvgIpc) is 2.57. The van der Waals surface area contributed by atoms with Gasteiger partial charge in [-0.3, -0.25) is 9.59 Å². The number of carbonyl (C=O) groups is 2. The van der Waals surface area contributed by atoms with E-state index < -0.39 is 11.4 Å². The molecule has 0 radical (unpaired) electrons. The summed E-state index contributed by atoms with van der Waals surface area (Å²) in [5, 5.41) is 0. The van der Waals surface area contributed by atoms with Crippen LogP contribution in [-0.2, 0) is 19.8 Å². The Morgan fingerprint density at radius 1 is 1.42 bits per heavy atom. The molecule has 1 aliphatic rings. The first kappa shape index (κ1) is 13.5. The molecule has 0 saturated heterocycles. The minimum atomic E-state index is -0.563. The molecule has 1 aromatic rings. The molecule has 1 aromatic carbocycles. The minimum absolute atomic E-state index is 0.0118. The second-order valence-corrected chi connectivity index (χ2v) is 4.94. The highest BCUT2D eigenvalue weighted by Gasteiger charge is 2.43. The third-order valence-electron chi connectivity index (χ3n) is 3.36. The topological polar surface area (TPSA) is 84.7 Å². The molecule has 0 spiro atoms. The summed E-state index contributed by atoms with van der Waals surface area (Å²) in [6.07, 6.45) is 0.0837. The standard InChI is InChI=1S/C13H17N3O3/c1-13(2)9-5-3-4-6-10(9)16(12(13)18)8-7-11(17)19-15-14/h3-6,15H,7-8,14H2,1-2H3. The second-order valence-electron chi connectivity index (χ2n) is 4.94. The van der Waals surface area contributed by atoms with Gasteiger partial charge in [0.2, 0.25) is 5.91 Å². The van der Waals surface area contributed by atoms with Crippen LogP contribution < -0.4 is 16.3 Å². The summed E-state index contributed by atoms with van der Waals surface area (Å²) in [6, 6.07) is 7.60. The third-order valence-corrected chi connectivity index (χ3v) is 3.36. The first-order chi connectivity index (χ1) is 8.98. The lowest BCUT2D eigenvalue weighted by atomic mass is 9.86. The normalized spacial score (nSPS) is 16.4. The van der Waals surface area contributed by atoms with Gasteiger partial charge in [0.15, 0.2) is 0 Å². The van der Waals surface area contributed by atoms with Crippen LogP contribution in [0.25, 0.3) is 0 Å². The first-order valence-corrected chi connectivity index (χ1v) is 6.05. The lowest BCUT2D eigenvalue weighted by molar-refractivity contribution is -0.151. The van der Waals surface area contributed by atoms with Gasteiger partial charge in [-0.05, 0) is 25.5 Å². The Balaban J connectivity index is 2.18. The molecular formula is C13H17N3O3. The van der Waals surface area contributed by atoms with Crippen LogP contribution >= 0.6 is 0 Å². The molecule has 2 rings (SSSR count). The van der Waals surface area contributed by atoms with Crippen LogP contribution in [-0.4, -0.2) is 18.4 Å². The number of anilines is 1. The number of carbonyl (C=O) groups excluding carboxylic acids is 2. The molecule has 1 heterocycles. The number of hydrazine groups is 1. The van der Waals surface area contributed by atoms with Crippen molar-refractivity contribution in [1.82, 2.24) is 5.59 Å². The van der Waals surface area contributed by atoms with Crippen LogP contribution in [0.4, 0.5) is 5.69 Å². The average molecular weight is 263 g/mol. The third kappa shape index (κ3) is 2.32. The fourth-order valence-corrected chi connectivity index (χ4v) is 2.34. The van der Waals surface area contributed by atoms with Crippen molar-refractivity contribution in [2.75, 3.05) is 11.4 Å². The van der Waals surface area contributed by atoms with Gasteiger partial charge in [-0.1, -0.05) is 23.8 Å². The quantitative estimate of drug-likeness (QED) is 0.614. The van der Waals surface area contributed by atoms with Gasteiger partial charge in [-0.25, -0.2) is 5.84 Å². The Morgan fingerprint density at radius 2 is 2.11 bits per heavy atom. The number of amides is 1. The Hall–Kier alpha value is -1.92. The molecule has 6 nitrogen and oxygen atoms in total. The number of benzene rings is 1. The molecule has 1 amide bonds. The number of rotatable bonds is 4. The molecule has 6 heteroatoms. The Bertz CT molecular complexity index is 514. The van der Waals surface area contributed by atoms with Crippen molar-refractivity contribution in [2.24, 2.45) is 5.84 Å². The number of hydrogen-bond donors (Lipinski definition) is 2. The van der Waals surface area contributed by atoms with E-state index in [2.05, 4.69) is 4.84 Å². The number of nitrogens with two attached hydrogens (primary N) is 1. The molecule has 0 atom stereocenters. The van der Waals surface area contributed by atoms with Crippen molar-refractivity contribution in [3.8, 4) is 0 Å². The Kier molecular flexibility index (Phi) is 3.55. The van der Waals surface area contributed by atoms with Crippen LogP contribution in [0.2, 0.25) is 0 Å². The zero-order valence-electron chi connectivity index (χ0n) is 11.0. The lowest BCUT2D eigenvalue weighted by Crippen LogP contribution is -2.38. The molecule has 0 fully saturated rings. The second kappa shape index (κ2) is 4.99. The molecule has 1 aliphatic heterocycles. The van der Waals surface area contributed by atoms with Crippen molar-refractivity contribution < 1.29 is 14.4 Å². The largest absolute Gasteiger partial charge is 0.356 e. The Labute approximate surface area is 111 Å². The zero-order valence-corrected chi connectivity index (χ0v) is 11.0. The van der Waals surface area contributed by atoms with Gasteiger partial charge in [0.25, 0.3) is 0 Å². The minimum Gasteiger partial charge on any atom is -0.356 e. The smallest absolute Gasteiger partial charge is 0.328 e. The maximum Gasteiger partial charge on any atom is 0.328 e. The number of nitrogens with one attached hydrogen (secondary N) is 1. The Morgan fingerprint density at radius 3 is 2.79 bits per heavy atom. The fourth-order valence-electron chi connectivity index (χ4n) is 2.34. The molecule has 3 N–H and O–H groups in total. The van der Waals surface area contributed by atoms with Gasteiger partial charge < -0.3 is 9.74 Å². The van der Waals surface area contributed by atoms with E-state index in [1.54, 1.807) is 4.90 Å². The van der Waals surface area contributed by atoms with Crippen molar-refractivity contribution in [2.45, 2.75) is 25.7 Å². The molecule has 19 heavy (non-hydrogen) atoms. The van der Waals surface area contributed by atoms with Crippen LogP contribution in [0.15, 0.2) is 24.3 Å². The summed E-state index contributed by atoms with van der Waals surface area (Å²) in [5.41, 5.74) is 3.10. The summed E-state index contributed by atoms with van der Waals surface area (Å²) in [7, 11) is 0. The van der Waals surface area contributed by atoms with Gasteiger partial charge >= 0.3 is 5.97 Å². The van der Waals surface area contributed by atoms with Crippen LogP contribution in [0.1, 0.15) is 25.8 Å². The molecule has 0 saturated carbocycles. The van der Waals surface area contributed by atoms with E-state index in [9.17, 15) is 9.59 Å². The van der Waals surface area contributed by atoms with Crippen molar-refractivity contribution in [3.63, 3.8) is 0 Å². The summed E-state index contributed by atoms with van der Waals surface area (Å²) < 4.78 is 0. The van der Waals surface area contributed by atoms with Gasteiger partial charge in [0.1, 0.15) is 0 Å². The van der Waals surface area contributed by atoms with E-state index in [1.807, 2.05) is 43.7 Å². The number of para-hydroxylation sites is 1. The molecule has 0 aromatic heterocycles. The van der Waals surface area contributed by atoms with Gasteiger partial charge in [-0.2, -0.15) is 0 Å². The predicted molar refractivity (Wildman–Crippen MR) is 69.9 cm³/mol. The predicted octanol–water partition coefficient (Wildman–Crippen LogP) is 0.622. The fraction of sp³-hybridized carbons (Fsp3) is 0.385. The van der Waals surface area contributed by atoms with Gasteiger partial charge in [0.05, 0.1) is 11.8 Å². The van der Waals surface area contributed by atoms with Crippen LogP contribution in [0.3, 0.4) is 0 Å². The van der Waals surface area contributed by atoms with E-state index in [4.69, 9.17) is 5.84 Å². The van der Waals surface area contributed by atoms with Crippen molar-refractivity contribution in [3.05, 3.63) is 29.8 Å². The highest BCUT2D eigenvalue weighted by atomic mass is 16.7. The monoisotopic (exact) mass is 263 g/mol. The maximum absolute atomic E-state index is 12.4. The van der Waals surface area contributed by atoms with E-state index in [0.29, 0.717) is 0 Å². The summed E-state index contributed by atoms with van der Waals surface area (Å²) in [6.45, 7) is 4.04. The number of nitrogens with zero attached hydrogens (tertiary/aromatic N) is 1. The highest BCUT2D eigenvalue weighted by molar-refractivity contribution is 6.07. The number of hydrogen-bond acceptors (Lipinski definition) is 5. The van der Waals surface area contributed by atoms with Crippen LogP contribution in [0.5, 0.6) is 0 Å². The molecule has 0 bridgehead atoms. The SMILES string of the molecule is CC1(C)C(=O)N(CCC(=O)ONN)c2ccccc21. The van der Waals surface area contributed by atoms with E-state index in [1.165, 1.54) is 0 Å². The van der Waals surface area contributed by atoms with Crippen molar-refractivity contribution in [1.29, 1.82) is 0 Å². The highest BCUT2D eigenvalue weighted by Crippen LogP contribution is 2.41. The van der Waals surface area contributed by atoms with E-state index in [-0.39, 0.29) is 18.9 Å². The van der Waals surface area contributed by atoms with Gasteiger partial charge in [0, 0.05) is 12.2 Å². The molecule has 102 valence electrons. The summed E-state index contributed by atoms with van der Waals surface area (Å²) >= 11 is 0. The van der Waals surface area contributed by atoms with E-state index >= 15 is 0 Å².